The van der Waals surface area contributed by atoms with Crippen LogP contribution < -0.4 is 5.32 Å². The summed E-state index contributed by atoms with van der Waals surface area (Å²) in [6.07, 6.45) is 4.13. The van der Waals surface area contributed by atoms with Crippen molar-refractivity contribution >= 4 is 41.0 Å². The number of rotatable bonds is 2. The van der Waals surface area contributed by atoms with Crippen molar-refractivity contribution in [3.63, 3.8) is 0 Å². The molecular formula is C19H21ClN4O2S. The number of nitrogens with one attached hydrogen (secondary N) is 1. The summed E-state index contributed by atoms with van der Waals surface area (Å²) in [6.45, 7) is 1.30. The van der Waals surface area contributed by atoms with Crippen molar-refractivity contribution in [3.8, 4) is 5.69 Å². The van der Waals surface area contributed by atoms with Gasteiger partial charge >= 0.3 is 11.8 Å². The molecule has 0 unspecified atom stereocenters. The number of benzene rings is 1. The first-order valence-electron chi connectivity index (χ1n) is 9.18. The van der Waals surface area contributed by atoms with E-state index in [1.807, 2.05) is 12.1 Å². The van der Waals surface area contributed by atoms with Gasteiger partial charge in [0.1, 0.15) is 5.82 Å². The highest BCUT2D eigenvalue weighted by molar-refractivity contribution is 7.98. The average Bonchev–Trinajstić information content (AvgIpc) is 3.14. The third-order valence-corrected chi connectivity index (χ3v) is 6.16. The third-order valence-electron chi connectivity index (χ3n) is 4.94. The smallest absolute Gasteiger partial charge is 0.315 e. The molecule has 2 aliphatic heterocycles. The number of carbonyl (C=O) groups is 2. The Morgan fingerprint density at radius 2 is 1.74 bits per heavy atom. The van der Waals surface area contributed by atoms with Crippen LogP contribution in [0.5, 0.6) is 0 Å². The van der Waals surface area contributed by atoms with Crippen LogP contribution in [0.3, 0.4) is 0 Å². The molecule has 2 aromatic rings. The predicted molar refractivity (Wildman–Crippen MR) is 107 cm³/mol. The van der Waals surface area contributed by atoms with E-state index < -0.39 is 11.8 Å². The number of carbonyl (C=O) groups excluding carboxylic acids is 2. The van der Waals surface area contributed by atoms with E-state index in [2.05, 4.69) is 10.4 Å². The Hall–Kier alpha value is -1.99. The highest BCUT2D eigenvalue weighted by atomic mass is 35.5. The Morgan fingerprint density at radius 3 is 2.44 bits per heavy atom. The van der Waals surface area contributed by atoms with Gasteiger partial charge in [-0.25, -0.2) is 4.68 Å². The molecule has 0 radical (unpaired) electrons. The Bertz CT molecular complexity index is 857. The van der Waals surface area contributed by atoms with Crippen LogP contribution in [0.2, 0.25) is 5.02 Å². The van der Waals surface area contributed by atoms with Crippen LogP contribution in [-0.4, -0.2) is 39.6 Å². The number of anilines is 1. The van der Waals surface area contributed by atoms with Crippen LogP contribution in [0.1, 0.15) is 36.9 Å². The SMILES string of the molecule is O=C(Nc1c2c(nn1-c1ccc(Cl)cc1)CSC2)C(=O)N1CCCCCC1. The van der Waals surface area contributed by atoms with Gasteiger partial charge in [-0.2, -0.15) is 16.9 Å². The minimum Gasteiger partial charge on any atom is -0.334 e. The molecule has 2 aliphatic rings. The summed E-state index contributed by atoms with van der Waals surface area (Å²) in [5.41, 5.74) is 2.75. The maximum absolute atomic E-state index is 12.7. The zero-order chi connectivity index (χ0) is 18.8. The summed E-state index contributed by atoms with van der Waals surface area (Å²) >= 11 is 7.74. The normalized spacial score (nSPS) is 16.7. The van der Waals surface area contributed by atoms with Crippen molar-refractivity contribution in [3.05, 3.63) is 40.5 Å². The summed E-state index contributed by atoms with van der Waals surface area (Å²) in [5, 5.41) is 8.12. The highest BCUT2D eigenvalue weighted by Gasteiger charge is 2.28. The van der Waals surface area contributed by atoms with E-state index in [1.54, 1.807) is 33.5 Å². The summed E-state index contributed by atoms with van der Waals surface area (Å²) in [4.78, 5) is 27.0. The predicted octanol–water partition coefficient (Wildman–Crippen LogP) is 3.61. The van der Waals surface area contributed by atoms with Gasteiger partial charge in [-0.3, -0.25) is 9.59 Å². The van der Waals surface area contributed by atoms with E-state index >= 15 is 0 Å². The largest absolute Gasteiger partial charge is 0.334 e. The topological polar surface area (TPSA) is 67.2 Å². The zero-order valence-corrected chi connectivity index (χ0v) is 16.5. The van der Waals surface area contributed by atoms with Crippen molar-refractivity contribution in [1.82, 2.24) is 14.7 Å². The Morgan fingerprint density at radius 1 is 1.04 bits per heavy atom. The van der Waals surface area contributed by atoms with Crippen LogP contribution in [0.4, 0.5) is 5.82 Å². The molecule has 4 rings (SSSR count). The molecule has 3 heterocycles. The molecule has 0 aliphatic carbocycles. The van der Waals surface area contributed by atoms with Gasteiger partial charge < -0.3 is 10.2 Å². The zero-order valence-electron chi connectivity index (χ0n) is 14.9. The number of fused-ring (bicyclic) bond motifs is 1. The quantitative estimate of drug-likeness (QED) is 0.776. The van der Waals surface area contributed by atoms with Crippen molar-refractivity contribution in [1.29, 1.82) is 0 Å². The molecule has 1 N–H and O–H groups in total. The van der Waals surface area contributed by atoms with Crippen molar-refractivity contribution in [2.45, 2.75) is 37.2 Å². The van der Waals surface area contributed by atoms with Gasteiger partial charge in [-0.1, -0.05) is 24.4 Å². The number of thioether (sulfide) groups is 1. The van der Waals surface area contributed by atoms with E-state index in [-0.39, 0.29) is 0 Å². The first-order chi connectivity index (χ1) is 13.1. The summed E-state index contributed by atoms with van der Waals surface area (Å²) in [6, 6.07) is 7.27. The lowest BCUT2D eigenvalue weighted by molar-refractivity contribution is -0.143. The Balaban J connectivity index is 1.60. The minimum atomic E-state index is -0.591. The molecule has 1 saturated heterocycles. The molecular weight excluding hydrogens is 384 g/mol. The van der Waals surface area contributed by atoms with E-state index in [4.69, 9.17) is 11.6 Å². The van der Waals surface area contributed by atoms with Crippen LogP contribution >= 0.6 is 23.4 Å². The molecule has 6 nitrogen and oxygen atoms in total. The van der Waals surface area contributed by atoms with Crippen LogP contribution in [0.15, 0.2) is 24.3 Å². The van der Waals surface area contributed by atoms with Crippen LogP contribution in [0.25, 0.3) is 5.69 Å². The molecule has 1 aromatic carbocycles. The van der Waals surface area contributed by atoms with E-state index in [9.17, 15) is 9.59 Å². The van der Waals surface area contributed by atoms with Gasteiger partial charge in [0.25, 0.3) is 0 Å². The fourth-order valence-electron chi connectivity index (χ4n) is 3.49. The number of aromatic nitrogens is 2. The summed E-state index contributed by atoms with van der Waals surface area (Å²) in [5.74, 6) is 1.12. The molecule has 8 heteroatoms. The number of nitrogens with zero attached hydrogens (tertiary/aromatic N) is 3. The second-order valence-corrected chi connectivity index (χ2v) is 8.24. The molecule has 0 saturated carbocycles. The number of likely N-dealkylation sites (tertiary alicyclic amines) is 1. The lowest BCUT2D eigenvalue weighted by Gasteiger charge is -2.20. The van der Waals surface area contributed by atoms with Crippen LogP contribution in [-0.2, 0) is 21.1 Å². The van der Waals surface area contributed by atoms with Crippen LogP contribution in [0, 0.1) is 0 Å². The number of halogens is 1. The molecule has 142 valence electrons. The first kappa shape index (κ1) is 18.4. The third kappa shape index (κ3) is 3.84. The fourth-order valence-corrected chi connectivity index (χ4v) is 4.65. The lowest BCUT2D eigenvalue weighted by atomic mass is 10.2. The summed E-state index contributed by atoms with van der Waals surface area (Å²) in [7, 11) is 0. The Labute approximate surface area is 167 Å². The molecule has 1 fully saturated rings. The van der Waals surface area contributed by atoms with Gasteiger partial charge in [0, 0.05) is 35.2 Å². The van der Waals surface area contributed by atoms with Gasteiger partial charge in [0.05, 0.1) is 11.4 Å². The van der Waals surface area contributed by atoms with Gasteiger partial charge in [0.15, 0.2) is 0 Å². The molecule has 27 heavy (non-hydrogen) atoms. The van der Waals surface area contributed by atoms with E-state index in [1.165, 1.54) is 0 Å². The van der Waals surface area contributed by atoms with E-state index in [0.717, 1.165) is 54.1 Å². The standard InChI is InChI=1S/C19H21ClN4O2S/c20-13-5-7-14(8-6-13)24-17(15-11-27-12-16(15)22-24)21-18(25)19(26)23-9-3-1-2-4-10-23/h5-8H,1-4,9-12H2,(H,21,25). The molecule has 0 spiro atoms. The van der Waals surface area contributed by atoms with Crippen molar-refractivity contribution in [2.24, 2.45) is 0 Å². The van der Waals surface area contributed by atoms with E-state index in [0.29, 0.717) is 23.9 Å². The second-order valence-electron chi connectivity index (χ2n) is 6.82. The number of hydrogen-bond donors (Lipinski definition) is 1. The number of amides is 2. The Kier molecular flexibility index (Phi) is 5.41. The van der Waals surface area contributed by atoms with Gasteiger partial charge in [-0.15, -0.1) is 0 Å². The summed E-state index contributed by atoms with van der Waals surface area (Å²) < 4.78 is 1.70. The second kappa shape index (κ2) is 7.94. The van der Waals surface area contributed by atoms with Gasteiger partial charge in [-0.05, 0) is 37.1 Å². The van der Waals surface area contributed by atoms with Gasteiger partial charge in [0.2, 0.25) is 0 Å². The highest BCUT2D eigenvalue weighted by Crippen LogP contribution is 2.36. The van der Waals surface area contributed by atoms with Crippen molar-refractivity contribution in [2.75, 3.05) is 18.4 Å². The average molecular weight is 405 g/mol. The molecule has 0 atom stereocenters. The minimum absolute atomic E-state index is 0.458. The first-order valence-corrected chi connectivity index (χ1v) is 10.7. The lowest BCUT2D eigenvalue weighted by Crippen LogP contribution is -2.40. The molecule has 1 aromatic heterocycles. The fraction of sp³-hybridized carbons (Fsp3) is 0.421. The maximum atomic E-state index is 12.7. The monoisotopic (exact) mass is 404 g/mol. The molecule has 2 amide bonds. The number of hydrogen-bond acceptors (Lipinski definition) is 4. The maximum Gasteiger partial charge on any atom is 0.315 e. The van der Waals surface area contributed by atoms with Crippen molar-refractivity contribution < 1.29 is 9.59 Å². The molecule has 0 bridgehead atoms.